The second-order valence-corrected chi connectivity index (χ2v) is 6.95. The van der Waals surface area contributed by atoms with E-state index >= 15 is 0 Å². The Labute approximate surface area is 170 Å². The number of nitrogens with zero attached hydrogens (tertiary/aromatic N) is 3. The average Bonchev–Trinajstić information content (AvgIpc) is 3.11. The minimum Gasteiger partial charge on any atom is -0.334 e. The summed E-state index contributed by atoms with van der Waals surface area (Å²) in [6, 6.07) is 16.2. The zero-order valence-corrected chi connectivity index (χ0v) is 16.6. The topological polar surface area (TPSA) is 54.2 Å². The summed E-state index contributed by atoms with van der Waals surface area (Å²) in [6.45, 7) is 5.37. The van der Waals surface area contributed by atoms with Crippen LogP contribution < -0.4 is 5.32 Å². The molecule has 3 aromatic rings. The van der Waals surface area contributed by atoms with Crippen molar-refractivity contribution >= 4 is 24.0 Å². The molecule has 1 aliphatic rings. The predicted molar refractivity (Wildman–Crippen MR) is 109 cm³/mol. The molecule has 7 heteroatoms. The minimum absolute atomic E-state index is 0. The second-order valence-electron chi connectivity index (χ2n) is 6.54. The largest absolute Gasteiger partial charge is 0.334 e. The Balaban J connectivity index is 0.00000210. The Kier molecular flexibility index (Phi) is 6.50. The van der Waals surface area contributed by atoms with Crippen LogP contribution in [-0.2, 0) is 6.54 Å². The van der Waals surface area contributed by atoms with Gasteiger partial charge in [0.1, 0.15) is 0 Å². The van der Waals surface area contributed by atoms with Crippen molar-refractivity contribution in [3.8, 4) is 11.5 Å². The van der Waals surface area contributed by atoms with Gasteiger partial charge in [0.05, 0.1) is 6.54 Å². The number of rotatable bonds is 4. The standard InChI is InChI=1S/C20H21ClN4O.ClH/c1-14-6-2-3-7-15(14)20-23-19(24-26-20)13-25-11-10-22-12-18(25)16-8-4-5-9-17(16)21;/h2-9,18,22H,10-13H2,1H3;1H. The van der Waals surface area contributed by atoms with Crippen LogP contribution in [0.1, 0.15) is 23.0 Å². The van der Waals surface area contributed by atoms with Gasteiger partial charge in [-0.05, 0) is 30.2 Å². The molecule has 0 radical (unpaired) electrons. The van der Waals surface area contributed by atoms with Crippen LogP contribution in [0.5, 0.6) is 0 Å². The van der Waals surface area contributed by atoms with E-state index in [0.29, 0.717) is 18.3 Å². The SMILES string of the molecule is Cc1ccccc1-c1nc(CN2CCNCC2c2ccccc2Cl)no1.Cl. The first-order valence-electron chi connectivity index (χ1n) is 8.80. The lowest BCUT2D eigenvalue weighted by Gasteiger charge is -2.36. The van der Waals surface area contributed by atoms with Crippen LogP contribution in [0.2, 0.25) is 5.02 Å². The summed E-state index contributed by atoms with van der Waals surface area (Å²) in [5, 5.41) is 8.44. The molecule has 0 aliphatic carbocycles. The highest BCUT2D eigenvalue weighted by Gasteiger charge is 2.26. The zero-order chi connectivity index (χ0) is 17.9. The Morgan fingerprint density at radius 1 is 1.19 bits per heavy atom. The van der Waals surface area contributed by atoms with Crippen LogP contribution >= 0.6 is 24.0 Å². The molecule has 142 valence electrons. The van der Waals surface area contributed by atoms with Crippen LogP contribution in [0, 0.1) is 6.92 Å². The lowest BCUT2D eigenvalue weighted by Crippen LogP contribution is -2.45. The lowest BCUT2D eigenvalue weighted by molar-refractivity contribution is 0.148. The van der Waals surface area contributed by atoms with E-state index < -0.39 is 0 Å². The number of aromatic nitrogens is 2. The molecule has 1 atom stereocenters. The van der Waals surface area contributed by atoms with Gasteiger partial charge in [-0.2, -0.15) is 4.98 Å². The maximum Gasteiger partial charge on any atom is 0.258 e. The van der Waals surface area contributed by atoms with Crippen molar-refractivity contribution in [3.63, 3.8) is 0 Å². The Morgan fingerprint density at radius 2 is 1.96 bits per heavy atom. The summed E-state index contributed by atoms with van der Waals surface area (Å²) in [7, 11) is 0. The van der Waals surface area contributed by atoms with Gasteiger partial charge >= 0.3 is 0 Å². The van der Waals surface area contributed by atoms with Crippen LogP contribution in [0.3, 0.4) is 0 Å². The van der Waals surface area contributed by atoms with Gasteiger partial charge in [-0.3, -0.25) is 4.90 Å². The van der Waals surface area contributed by atoms with Gasteiger partial charge in [0, 0.05) is 36.3 Å². The van der Waals surface area contributed by atoms with Crippen molar-refractivity contribution in [2.75, 3.05) is 19.6 Å². The highest BCUT2D eigenvalue weighted by Crippen LogP contribution is 2.29. The molecule has 1 N–H and O–H groups in total. The van der Waals surface area contributed by atoms with Crippen molar-refractivity contribution < 1.29 is 4.52 Å². The zero-order valence-electron chi connectivity index (χ0n) is 15.1. The molecule has 1 saturated heterocycles. The maximum atomic E-state index is 6.42. The number of benzene rings is 2. The highest BCUT2D eigenvalue weighted by molar-refractivity contribution is 6.31. The van der Waals surface area contributed by atoms with Gasteiger partial charge in [-0.1, -0.05) is 53.2 Å². The third kappa shape index (κ3) is 4.33. The highest BCUT2D eigenvalue weighted by atomic mass is 35.5. The molecule has 2 aromatic carbocycles. The summed E-state index contributed by atoms with van der Waals surface area (Å²) in [5.41, 5.74) is 3.23. The molecule has 4 rings (SSSR count). The Bertz CT molecular complexity index is 899. The smallest absolute Gasteiger partial charge is 0.258 e. The molecular formula is C20H22Cl2N4O. The van der Waals surface area contributed by atoms with Crippen molar-refractivity contribution in [1.29, 1.82) is 0 Å². The summed E-state index contributed by atoms with van der Waals surface area (Å²) in [4.78, 5) is 6.96. The van der Waals surface area contributed by atoms with Crippen molar-refractivity contribution in [1.82, 2.24) is 20.4 Å². The van der Waals surface area contributed by atoms with Gasteiger partial charge in [0.2, 0.25) is 0 Å². The first kappa shape index (κ1) is 19.8. The molecule has 1 aromatic heterocycles. The van der Waals surface area contributed by atoms with Crippen LogP contribution in [0.25, 0.3) is 11.5 Å². The fourth-order valence-electron chi connectivity index (χ4n) is 3.41. The Hall–Kier alpha value is -1.92. The number of nitrogens with one attached hydrogen (secondary N) is 1. The fraction of sp³-hybridized carbons (Fsp3) is 0.300. The van der Waals surface area contributed by atoms with E-state index in [9.17, 15) is 0 Å². The van der Waals surface area contributed by atoms with Gasteiger partial charge in [0.25, 0.3) is 5.89 Å². The summed E-state index contributed by atoms with van der Waals surface area (Å²) >= 11 is 6.42. The van der Waals surface area contributed by atoms with Gasteiger partial charge in [0.15, 0.2) is 5.82 Å². The number of halogens is 2. The molecule has 0 amide bonds. The molecule has 0 bridgehead atoms. The summed E-state index contributed by atoms with van der Waals surface area (Å²) in [6.07, 6.45) is 0. The lowest BCUT2D eigenvalue weighted by atomic mass is 10.0. The van der Waals surface area contributed by atoms with Crippen LogP contribution in [-0.4, -0.2) is 34.7 Å². The summed E-state index contributed by atoms with van der Waals surface area (Å²) in [5.74, 6) is 1.27. The molecule has 5 nitrogen and oxygen atoms in total. The second kappa shape index (κ2) is 8.85. The van der Waals surface area contributed by atoms with Gasteiger partial charge in [-0.25, -0.2) is 0 Å². The fourth-order valence-corrected chi connectivity index (χ4v) is 3.67. The van der Waals surface area contributed by atoms with E-state index in [0.717, 1.165) is 41.3 Å². The van der Waals surface area contributed by atoms with Crippen molar-refractivity contribution in [2.24, 2.45) is 0 Å². The number of aryl methyl sites for hydroxylation is 1. The molecular weight excluding hydrogens is 383 g/mol. The average molecular weight is 405 g/mol. The van der Waals surface area contributed by atoms with Gasteiger partial charge in [-0.15, -0.1) is 12.4 Å². The number of piperazine rings is 1. The monoisotopic (exact) mass is 404 g/mol. The molecule has 0 saturated carbocycles. The quantitative estimate of drug-likeness (QED) is 0.703. The third-order valence-corrected chi connectivity index (χ3v) is 5.15. The first-order chi connectivity index (χ1) is 12.7. The molecule has 1 unspecified atom stereocenters. The van der Waals surface area contributed by atoms with E-state index in [4.69, 9.17) is 16.1 Å². The predicted octanol–water partition coefficient (Wildman–Crippen LogP) is 4.27. The molecule has 27 heavy (non-hydrogen) atoms. The molecule has 1 fully saturated rings. The van der Waals surface area contributed by atoms with Crippen LogP contribution in [0.15, 0.2) is 53.1 Å². The van der Waals surface area contributed by atoms with E-state index in [1.165, 1.54) is 0 Å². The van der Waals surface area contributed by atoms with Crippen LogP contribution in [0.4, 0.5) is 0 Å². The number of hydrogen-bond acceptors (Lipinski definition) is 5. The van der Waals surface area contributed by atoms with Crippen molar-refractivity contribution in [3.05, 3.63) is 70.5 Å². The third-order valence-electron chi connectivity index (χ3n) is 4.81. The van der Waals surface area contributed by atoms with E-state index in [1.54, 1.807) is 0 Å². The molecule has 1 aliphatic heterocycles. The van der Waals surface area contributed by atoms with E-state index in [2.05, 4.69) is 26.4 Å². The summed E-state index contributed by atoms with van der Waals surface area (Å²) < 4.78 is 5.51. The molecule has 0 spiro atoms. The first-order valence-corrected chi connectivity index (χ1v) is 9.18. The molecule has 2 heterocycles. The van der Waals surface area contributed by atoms with E-state index in [1.807, 2.05) is 49.4 Å². The minimum atomic E-state index is 0. The Morgan fingerprint density at radius 3 is 2.78 bits per heavy atom. The maximum absolute atomic E-state index is 6.42. The van der Waals surface area contributed by atoms with E-state index in [-0.39, 0.29) is 18.4 Å². The normalized spacial score (nSPS) is 17.5. The van der Waals surface area contributed by atoms with Gasteiger partial charge < -0.3 is 9.84 Å². The van der Waals surface area contributed by atoms with Crippen molar-refractivity contribution in [2.45, 2.75) is 19.5 Å². The number of hydrogen-bond donors (Lipinski definition) is 1.